The van der Waals surface area contributed by atoms with Crippen LogP contribution in [0.1, 0.15) is 37.8 Å². The van der Waals surface area contributed by atoms with E-state index in [0.29, 0.717) is 17.4 Å². The molecule has 0 aliphatic rings. The average Bonchev–Trinajstić information content (AvgIpc) is 2.43. The first-order valence-electron chi connectivity index (χ1n) is 7.28. The zero-order valence-corrected chi connectivity index (χ0v) is 13.5. The van der Waals surface area contributed by atoms with E-state index in [0.717, 1.165) is 17.1 Å². The third kappa shape index (κ3) is 4.23. The second-order valence-corrected chi connectivity index (χ2v) is 6.13. The minimum atomic E-state index is 0.0376. The molecule has 0 saturated heterocycles. The Labute approximate surface area is 131 Å². The second-order valence-electron chi connectivity index (χ2n) is 5.72. The van der Waals surface area contributed by atoms with Gasteiger partial charge in [0, 0.05) is 16.6 Å². The molecule has 3 heteroatoms. The molecule has 1 atom stereocenters. The van der Waals surface area contributed by atoms with Crippen molar-refractivity contribution in [3.8, 4) is 11.5 Å². The first-order chi connectivity index (χ1) is 9.97. The molecule has 0 saturated carbocycles. The van der Waals surface area contributed by atoms with Crippen LogP contribution in [0.25, 0.3) is 0 Å². The van der Waals surface area contributed by atoms with Crippen LogP contribution in [0.2, 0.25) is 5.02 Å². The normalized spacial score (nSPS) is 12.5. The molecule has 0 aromatic heterocycles. The van der Waals surface area contributed by atoms with Gasteiger partial charge < -0.3 is 10.5 Å². The van der Waals surface area contributed by atoms with Gasteiger partial charge in [-0.2, -0.15) is 0 Å². The lowest BCUT2D eigenvalue weighted by molar-refractivity contribution is 0.473. The third-order valence-electron chi connectivity index (χ3n) is 3.38. The number of ether oxygens (including phenoxy) is 1. The standard InChI is InChI=1S/C18H22ClNO/c1-12(2)14-7-9-15(10-8-14)21-18-6-4-5-17(19)16(18)11-13(3)20/h4-10,12-13H,11,20H2,1-3H3. The van der Waals surface area contributed by atoms with Crippen molar-refractivity contribution in [3.63, 3.8) is 0 Å². The molecule has 0 aliphatic carbocycles. The zero-order chi connectivity index (χ0) is 15.4. The summed E-state index contributed by atoms with van der Waals surface area (Å²) in [5.74, 6) is 2.10. The maximum absolute atomic E-state index is 6.27. The van der Waals surface area contributed by atoms with E-state index in [1.165, 1.54) is 5.56 Å². The van der Waals surface area contributed by atoms with Gasteiger partial charge in [0.25, 0.3) is 0 Å². The minimum absolute atomic E-state index is 0.0376. The number of benzene rings is 2. The Balaban J connectivity index is 2.24. The fraction of sp³-hybridized carbons (Fsp3) is 0.333. The van der Waals surface area contributed by atoms with Crippen LogP contribution in [-0.2, 0) is 6.42 Å². The van der Waals surface area contributed by atoms with Crippen LogP contribution in [0, 0.1) is 0 Å². The summed E-state index contributed by atoms with van der Waals surface area (Å²) in [6.45, 7) is 6.31. The lowest BCUT2D eigenvalue weighted by Crippen LogP contribution is -2.18. The molecule has 0 fully saturated rings. The second kappa shape index (κ2) is 6.97. The van der Waals surface area contributed by atoms with Crippen molar-refractivity contribution in [2.45, 2.75) is 39.2 Å². The van der Waals surface area contributed by atoms with E-state index >= 15 is 0 Å². The highest BCUT2D eigenvalue weighted by Crippen LogP contribution is 2.31. The van der Waals surface area contributed by atoms with Gasteiger partial charge in [-0.1, -0.05) is 43.6 Å². The Morgan fingerprint density at radius 1 is 1.05 bits per heavy atom. The van der Waals surface area contributed by atoms with E-state index in [-0.39, 0.29) is 6.04 Å². The smallest absolute Gasteiger partial charge is 0.132 e. The largest absolute Gasteiger partial charge is 0.457 e. The maximum Gasteiger partial charge on any atom is 0.132 e. The van der Waals surface area contributed by atoms with Crippen molar-refractivity contribution in [3.05, 3.63) is 58.6 Å². The van der Waals surface area contributed by atoms with Crippen LogP contribution in [0.5, 0.6) is 11.5 Å². The van der Waals surface area contributed by atoms with Gasteiger partial charge in [-0.3, -0.25) is 0 Å². The predicted molar refractivity (Wildman–Crippen MR) is 89.4 cm³/mol. The highest BCUT2D eigenvalue weighted by Gasteiger charge is 2.11. The molecule has 0 aliphatic heterocycles. The molecule has 0 spiro atoms. The molecule has 0 heterocycles. The van der Waals surface area contributed by atoms with E-state index in [4.69, 9.17) is 22.1 Å². The van der Waals surface area contributed by atoms with Gasteiger partial charge in [-0.05, 0) is 49.1 Å². The molecule has 2 nitrogen and oxygen atoms in total. The van der Waals surface area contributed by atoms with Crippen molar-refractivity contribution in [2.24, 2.45) is 5.73 Å². The monoisotopic (exact) mass is 303 g/mol. The Morgan fingerprint density at radius 3 is 2.29 bits per heavy atom. The van der Waals surface area contributed by atoms with E-state index in [9.17, 15) is 0 Å². The fourth-order valence-electron chi connectivity index (χ4n) is 2.20. The first kappa shape index (κ1) is 15.9. The van der Waals surface area contributed by atoms with Gasteiger partial charge in [-0.25, -0.2) is 0 Å². The molecular formula is C18H22ClNO. The molecule has 0 radical (unpaired) electrons. The summed E-state index contributed by atoms with van der Waals surface area (Å²) in [6.07, 6.45) is 0.694. The molecule has 2 N–H and O–H groups in total. The number of rotatable bonds is 5. The molecular weight excluding hydrogens is 282 g/mol. The quantitative estimate of drug-likeness (QED) is 0.829. The number of nitrogens with two attached hydrogens (primary N) is 1. The predicted octanol–water partition coefficient (Wildman–Crippen LogP) is 5.15. The summed E-state index contributed by atoms with van der Waals surface area (Å²) in [5.41, 5.74) is 8.15. The molecule has 0 amide bonds. The lowest BCUT2D eigenvalue weighted by Gasteiger charge is -2.15. The maximum atomic E-state index is 6.27. The summed E-state index contributed by atoms with van der Waals surface area (Å²) >= 11 is 6.27. The van der Waals surface area contributed by atoms with Crippen molar-refractivity contribution in [2.75, 3.05) is 0 Å². The molecule has 0 bridgehead atoms. The highest BCUT2D eigenvalue weighted by atomic mass is 35.5. The Hall–Kier alpha value is -1.51. The summed E-state index contributed by atoms with van der Waals surface area (Å²) in [5, 5.41) is 0.698. The van der Waals surface area contributed by atoms with Crippen molar-refractivity contribution in [1.82, 2.24) is 0 Å². The topological polar surface area (TPSA) is 35.2 Å². The molecule has 21 heavy (non-hydrogen) atoms. The summed E-state index contributed by atoms with van der Waals surface area (Å²) in [6, 6.07) is 13.9. The van der Waals surface area contributed by atoms with Crippen LogP contribution in [-0.4, -0.2) is 6.04 Å². The number of hydrogen-bond donors (Lipinski definition) is 1. The number of hydrogen-bond acceptors (Lipinski definition) is 2. The Kier molecular flexibility index (Phi) is 5.27. The molecule has 112 valence electrons. The Morgan fingerprint density at radius 2 is 1.71 bits per heavy atom. The molecule has 2 aromatic rings. The van der Waals surface area contributed by atoms with Gasteiger partial charge >= 0.3 is 0 Å². The van der Waals surface area contributed by atoms with Gasteiger partial charge in [0.2, 0.25) is 0 Å². The van der Waals surface area contributed by atoms with Gasteiger partial charge in [0.05, 0.1) is 0 Å². The average molecular weight is 304 g/mol. The van der Waals surface area contributed by atoms with E-state index in [1.54, 1.807) is 0 Å². The van der Waals surface area contributed by atoms with Crippen molar-refractivity contribution >= 4 is 11.6 Å². The molecule has 2 rings (SSSR count). The van der Waals surface area contributed by atoms with Crippen LogP contribution < -0.4 is 10.5 Å². The SMILES string of the molecule is CC(N)Cc1c(Cl)cccc1Oc1ccc(C(C)C)cc1. The minimum Gasteiger partial charge on any atom is -0.457 e. The molecule has 1 unspecified atom stereocenters. The van der Waals surface area contributed by atoms with E-state index in [2.05, 4.69) is 26.0 Å². The summed E-state index contributed by atoms with van der Waals surface area (Å²) in [7, 11) is 0. The fourth-order valence-corrected chi connectivity index (χ4v) is 2.45. The molecule has 2 aromatic carbocycles. The van der Waals surface area contributed by atoms with E-state index in [1.807, 2.05) is 37.3 Å². The van der Waals surface area contributed by atoms with Crippen LogP contribution in [0.3, 0.4) is 0 Å². The van der Waals surface area contributed by atoms with Gasteiger partial charge in [-0.15, -0.1) is 0 Å². The van der Waals surface area contributed by atoms with Crippen molar-refractivity contribution in [1.29, 1.82) is 0 Å². The first-order valence-corrected chi connectivity index (χ1v) is 7.66. The van der Waals surface area contributed by atoms with Crippen LogP contribution >= 0.6 is 11.6 Å². The van der Waals surface area contributed by atoms with Gasteiger partial charge in [0.15, 0.2) is 0 Å². The lowest BCUT2D eigenvalue weighted by atomic mass is 10.0. The van der Waals surface area contributed by atoms with E-state index < -0.39 is 0 Å². The number of halogens is 1. The van der Waals surface area contributed by atoms with Crippen LogP contribution in [0.4, 0.5) is 0 Å². The summed E-state index contributed by atoms with van der Waals surface area (Å²) < 4.78 is 5.99. The highest BCUT2D eigenvalue weighted by molar-refractivity contribution is 6.31. The van der Waals surface area contributed by atoms with Crippen LogP contribution in [0.15, 0.2) is 42.5 Å². The van der Waals surface area contributed by atoms with Crippen molar-refractivity contribution < 1.29 is 4.74 Å². The Bertz CT molecular complexity index is 591. The summed E-state index contributed by atoms with van der Waals surface area (Å²) in [4.78, 5) is 0. The third-order valence-corrected chi connectivity index (χ3v) is 3.73. The van der Waals surface area contributed by atoms with Gasteiger partial charge in [0.1, 0.15) is 11.5 Å². The zero-order valence-electron chi connectivity index (χ0n) is 12.8.